The Kier molecular flexibility index (Phi) is 17.9. The summed E-state index contributed by atoms with van der Waals surface area (Å²) < 4.78 is 10.2. The molecule has 9 atom stereocenters. The Morgan fingerprint density at radius 1 is 0.886 bits per heavy atom. The van der Waals surface area contributed by atoms with Crippen molar-refractivity contribution in [1.82, 2.24) is 10.6 Å². The van der Waals surface area contributed by atoms with Crippen molar-refractivity contribution < 1.29 is 60.5 Å². The smallest absolute Gasteiger partial charge is 0.202 e. The van der Waals surface area contributed by atoms with Gasteiger partial charge in [-0.25, -0.2) is 0 Å². The second-order valence-corrected chi connectivity index (χ2v) is 11.1. The molecule has 0 saturated heterocycles. The Morgan fingerprint density at radius 3 is 2.02 bits per heavy atom. The van der Waals surface area contributed by atoms with E-state index in [1.165, 1.54) is 7.05 Å². The SMILES string of the molecule is CN/C(=C(/O)CCCC(N)[C@H](O)O[C@H](CN)/C(O)=C(\O)[C@H](N)O)C(O)O[C@@H](O)[C@H](O)C(O)[C@@H](CCO)NCC1(N)CCCC1. The number of ether oxygens (including phenoxy) is 2. The van der Waals surface area contributed by atoms with Crippen molar-refractivity contribution in [1.29, 1.82) is 0 Å². The lowest BCUT2D eigenvalue weighted by atomic mass is 9.96. The third-order valence-electron chi connectivity index (χ3n) is 7.59. The van der Waals surface area contributed by atoms with E-state index in [9.17, 15) is 46.0 Å². The summed E-state index contributed by atoms with van der Waals surface area (Å²) in [6, 6.07) is -1.91. The van der Waals surface area contributed by atoms with Crippen molar-refractivity contribution in [3.05, 3.63) is 23.0 Å². The summed E-state index contributed by atoms with van der Waals surface area (Å²) in [7, 11) is 1.35. The van der Waals surface area contributed by atoms with E-state index in [4.69, 9.17) is 37.5 Å². The van der Waals surface area contributed by atoms with Gasteiger partial charge in [0.25, 0.3) is 0 Å². The van der Waals surface area contributed by atoms with Crippen LogP contribution in [0.15, 0.2) is 23.0 Å². The number of nitrogens with two attached hydrogens (primary N) is 4. The number of allylic oxidation sites excluding steroid dienone is 1. The average molecular weight is 643 g/mol. The van der Waals surface area contributed by atoms with E-state index in [1.54, 1.807) is 0 Å². The monoisotopic (exact) mass is 642 g/mol. The third-order valence-corrected chi connectivity index (χ3v) is 7.59. The van der Waals surface area contributed by atoms with Crippen LogP contribution in [0.3, 0.4) is 0 Å². The van der Waals surface area contributed by atoms with Gasteiger partial charge in [-0.1, -0.05) is 12.8 Å². The van der Waals surface area contributed by atoms with Gasteiger partial charge in [0.1, 0.15) is 29.8 Å². The summed E-state index contributed by atoms with van der Waals surface area (Å²) in [5.41, 5.74) is 22.0. The van der Waals surface area contributed by atoms with Crippen LogP contribution in [0.2, 0.25) is 0 Å². The Bertz CT molecular complexity index is 892. The lowest BCUT2D eigenvalue weighted by molar-refractivity contribution is -0.246. The Hall–Kier alpha value is -1.88. The zero-order chi connectivity index (χ0) is 33.6. The van der Waals surface area contributed by atoms with E-state index in [1.807, 2.05) is 0 Å². The molecule has 0 radical (unpaired) electrons. The second kappa shape index (κ2) is 19.6. The maximum atomic E-state index is 10.7. The number of hydrogen-bond acceptors (Lipinski definition) is 18. The summed E-state index contributed by atoms with van der Waals surface area (Å²) in [6.07, 6.45) is -8.94. The van der Waals surface area contributed by atoms with Crippen molar-refractivity contribution in [2.24, 2.45) is 22.9 Å². The molecule has 0 heterocycles. The van der Waals surface area contributed by atoms with Gasteiger partial charge in [0.2, 0.25) is 6.29 Å². The molecule has 18 heteroatoms. The Balaban J connectivity index is 2.71. The summed E-state index contributed by atoms with van der Waals surface area (Å²) in [5, 5.41) is 106. The molecule has 0 bridgehead atoms. The Labute approximate surface area is 256 Å². The number of rotatable bonds is 22. The van der Waals surface area contributed by atoms with E-state index in [-0.39, 0.29) is 38.0 Å². The first-order chi connectivity index (χ1) is 20.6. The van der Waals surface area contributed by atoms with Gasteiger partial charge in [0, 0.05) is 44.7 Å². The number of aliphatic hydroxyl groups excluding tert-OH is 10. The first-order valence-corrected chi connectivity index (χ1v) is 14.6. The highest BCUT2D eigenvalue weighted by Crippen LogP contribution is 2.27. The molecule has 44 heavy (non-hydrogen) atoms. The summed E-state index contributed by atoms with van der Waals surface area (Å²) in [4.78, 5) is 0. The molecule has 1 aliphatic carbocycles. The van der Waals surface area contributed by atoms with Gasteiger partial charge in [0.05, 0.1) is 6.04 Å². The van der Waals surface area contributed by atoms with Crippen molar-refractivity contribution in [3.8, 4) is 0 Å². The molecule has 0 spiro atoms. The van der Waals surface area contributed by atoms with E-state index >= 15 is 0 Å². The molecule has 18 nitrogen and oxygen atoms in total. The average Bonchev–Trinajstić information content (AvgIpc) is 3.42. The maximum absolute atomic E-state index is 10.7. The highest BCUT2D eigenvalue weighted by atomic mass is 16.7. The van der Waals surface area contributed by atoms with Gasteiger partial charge < -0.3 is 88.4 Å². The molecule has 0 aliphatic heterocycles. The molecular weight excluding hydrogens is 588 g/mol. The number of hydrogen-bond donors (Lipinski definition) is 16. The molecule has 1 rings (SSSR count). The predicted octanol–water partition coefficient (Wildman–Crippen LogP) is -4.27. The van der Waals surface area contributed by atoms with Crippen LogP contribution in [-0.4, -0.2) is 139 Å². The zero-order valence-corrected chi connectivity index (χ0v) is 25.1. The highest BCUT2D eigenvalue weighted by molar-refractivity contribution is 5.09. The van der Waals surface area contributed by atoms with Crippen molar-refractivity contribution in [2.75, 3.05) is 26.7 Å². The van der Waals surface area contributed by atoms with E-state index in [0.29, 0.717) is 6.54 Å². The van der Waals surface area contributed by atoms with Crippen LogP contribution in [0.5, 0.6) is 0 Å². The van der Waals surface area contributed by atoms with E-state index in [2.05, 4.69) is 10.6 Å². The summed E-state index contributed by atoms with van der Waals surface area (Å²) in [5.74, 6) is -2.28. The molecule has 0 aromatic carbocycles. The number of likely N-dealkylation sites (N-methyl/N-ethyl adjacent to an activating group) is 1. The fourth-order valence-electron chi connectivity index (χ4n) is 4.82. The summed E-state index contributed by atoms with van der Waals surface area (Å²) >= 11 is 0. The fourth-order valence-corrected chi connectivity index (χ4v) is 4.82. The first kappa shape index (κ1) is 40.1. The predicted molar refractivity (Wildman–Crippen MR) is 157 cm³/mol. The fraction of sp³-hybridized carbons (Fsp3) is 0.846. The van der Waals surface area contributed by atoms with Crippen LogP contribution in [0.1, 0.15) is 51.4 Å². The molecule has 0 amide bonds. The minimum atomic E-state index is -2.10. The lowest BCUT2D eigenvalue weighted by Gasteiger charge is -2.33. The van der Waals surface area contributed by atoms with Crippen LogP contribution < -0.4 is 33.6 Å². The lowest BCUT2D eigenvalue weighted by Crippen LogP contribution is -2.56. The highest BCUT2D eigenvalue weighted by Gasteiger charge is 2.36. The Morgan fingerprint density at radius 2 is 1.50 bits per heavy atom. The third kappa shape index (κ3) is 12.5. The van der Waals surface area contributed by atoms with Gasteiger partial charge in [0.15, 0.2) is 30.3 Å². The molecule has 0 aromatic heterocycles. The van der Waals surface area contributed by atoms with Gasteiger partial charge in [-0.2, -0.15) is 0 Å². The van der Waals surface area contributed by atoms with Gasteiger partial charge in [-0.3, -0.25) is 5.73 Å². The van der Waals surface area contributed by atoms with Crippen LogP contribution >= 0.6 is 0 Å². The molecule has 1 aliphatic rings. The zero-order valence-electron chi connectivity index (χ0n) is 25.1. The molecular formula is C26H54N6O12. The van der Waals surface area contributed by atoms with Crippen LogP contribution in [0.25, 0.3) is 0 Å². The topological polar surface area (TPSA) is 349 Å². The van der Waals surface area contributed by atoms with E-state index in [0.717, 1.165) is 25.7 Å². The number of aliphatic hydroxyl groups is 10. The second-order valence-electron chi connectivity index (χ2n) is 11.1. The van der Waals surface area contributed by atoms with Crippen molar-refractivity contribution in [2.45, 2.75) is 112 Å². The molecule has 20 N–H and O–H groups in total. The molecule has 1 fully saturated rings. The van der Waals surface area contributed by atoms with Gasteiger partial charge in [-0.15, -0.1) is 0 Å². The minimum Gasteiger partial charge on any atom is -0.510 e. The van der Waals surface area contributed by atoms with Crippen LogP contribution in [0, 0.1) is 0 Å². The minimum absolute atomic E-state index is 0.0396. The van der Waals surface area contributed by atoms with Gasteiger partial charge >= 0.3 is 0 Å². The number of nitrogens with one attached hydrogen (secondary N) is 2. The van der Waals surface area contributed by atoms with Crippen molar-refractivity contribution in [3.63, 3.8) is 0 Å². The quantitative estimate of drug-likeness (QED) is 0.0392. The largest absolute Gasteiger partial charge is 0.510 e. The molecule has 1 saturated carbocycles. The molecule has 260 valence electrons. The van der Waals surface area contributed by atoms with Crippen molar-refractivity contribution >= 4 is 0 Å². The molecule has 3 unspecified atom stereocenters. The standard InChI is InChI=1S/C26H54N6O12/c1-31-17(15(34)6-4-5-13(28)23(40)43-16(11-27)19(36)20(37)22(29)39)24(41)44-25(42)21(38)18(35)14(7-10-33)32-12-26(30)8-2-3-9-26/h13-14,16,18,21-25,31-42H,2-12,27-30H2,1H3/b17-15+,20-19+/t13?,14-,16-,18?,21-,22-,23-,24?,25-/m1/s1. The normalized spacial score (nSPS) is 22.5. The van der Waals surface area contributed by atoms with Crippen LogP contribution in [0.4, 0.5) is 0 Å². The summed E-state index contributed by atoms with van der Waals surface area (Å²) in [6.45, 7) is -0.394. The van der Waals surface area contributed by atoms with Gasteiger partial charge in [-0.05, 0) is 32.1 Å². The van der Waals surface area contributed by atoms with Crippen LogP contribution in [-0.2, 0) is 9.47 Å². The maximum Gasteiger partial charge on any atom is 0.202 e. The van der Waals surface area contributed by atoms with E-state index < -0.39 is 84.9 Å². The first-order valence-electron chi connectivity index (χ1n) is 14.6. The molecule has 0 aromatic rings.